The maximum Gasteiger partial charge on any atom is 0.329 e. The Morgan fingerprint density at radius 1 is 0.912 bits per heavy atom. The average Bonchev–Trinajstić information content (AvgIpc) is 3.31. The molecule has 1 fully saturated rings. The highest BCUT2D eigenvalue weighted by Crippen LogP contribution is 2.60. The summed E-state index contributed by atoms with van der Waals surface area (Å²) in [5, 5.41) is 0. The monoisotopic (exact) mass is 453 g/mol. The van der Waals surface area contributed by atoms with Gasteiger partial charge in [-0.2, -0.15) is 0 Å². The molecular formula is C28H20FNO4. The van der Waals surface area contributed by atoms with E-state index in [2.05, 4.69) is 0 Å². The van der Waals surface area contributed by atoms with Crippen LogP contribution in [0.5, 0.6) is 0 Å². The van der Waals surface area contributed by atoms with E-state index in [-0.39, 0.29) is 11.6 Å². The van der Waals surface area contributed by atoms with Crippen LogP contribution in [0.25, 0.3) is 6.08 Å². The fourth-order valence-electron chi connectivity index (χ4n) is 6.05. The number of anilines is 1. The lowest BCUT2D eigenvalue weighted by Gasteiger charge is -2.36. The smallest absolute Gasteiger partial charge is 0.329 e. The molecule has 0 radical (unpaired) electrons. The van der Waals surface area contributed by atoms with Gasteiger partial charge in [-0.3, -0.25) is 9.59 Å². The van der Waals surface area contributed by atoms with Gasteiger partial charge in [0.25, 0.3) is 0 Å². The highest BCUT2D eigenvalue weighted by Gasteiger charge is 2.71. The summed E-state index contributed by atoms with van der Waals surface area (Å²) >= 11 is 0. The fourth-order valence-corrected chi connectivity index (χ4v) is 6.05. The normalized spacial score (nSPS) is 23.6. The molecule has 0 N–H and O–H groups in total. The van der Waals surface area contributed by atoms with Crippen LogP contribution in [0.2, 0.25) is 0 Å². The Balaban J connectivity index is 1.69. The van der Waals surface area contributed by atoms with Crippen molar-refractivity contribution in [1.29, 1.82) is 0 Å². The molecule has 0 bridgehead atoms. The molecule has 3 aliphatic rings. The molecule has 1 aliphatic carbocycles. The van der Waals surface area contributed by atoms with Crippen molar-refractivity contribution in [2.45, 2.75) is 18.0 Å². The van der Waals surface area contributed by atoms with E-state index in [1.807, 2.05) is 41.3 Å². The van der Waals surface area contributed by atoms with Gasteiger partial charge in [0.1, 0.15) is 17.3 Å². The number of hydrogen-bond donors (Lipinski definition) is 0. The summed E-state index contributed by atoms with van der Waals surface area (Å²) < 4.78 is 19.1. The molecule has 3 atom stereocenters. The molecule has 6 heteroatoms. The van der Waals surface area contributed by atoms with Crippen LogP contribution in [0.4, 0.5) is 10.1 Å². The molecule has 0 saturated carbocycles. The standard InChI is InChI=1S/C28H20FNO4/c1-34-27(33)24-23(17-10-13-18(29)14-11-17)28(25(31)19-7-3-4-8-20(19)26(28)32)22-15-12-16-6-2-5-9-21(16)30(22)24/h2-15,22-24H,1H3/t22-,23+,24+/m1/s1. The van der Waals surface area contributed by atoms with Crippen molar-refractivity contribution in [2.75, 3.05) is 12.0 Å². The number of nitrogens with zero attached hydrogens (tertiary/aromatic N) is 1. The SMILES string of the molecule is COC(=O)[C@@H]1[C@H](c2ccc(F)cc2)C2(C(=O)c3ccccc3C2=O)[C@H]2C=Cc3ccccc3N12. The van der Waals surface area contributed by atoms with Crippen LogP contribution in [-0.2, 0) is 9.53 Å². The summed E-state index contributed by atoms with van der Waals surface area (Å²) in [4.78, 5) is 43.6. The Kier molecular flexibility index (Phi) is 4.36. The molecular weight excluding hydrogens is 433 g/mol. The van der Waals surface area contributed by atoms with Crippen LogP contribution in [0.15, 0.2) is 78.9 Å². The van der Waals surface area contributed by atoms with E-state index in [1.54, 1.807) is 36.4 Å². The quantitative estimate of drug-likeness (QED) is 0.424. The Bertz CT molecular complexity index is 1360. The third-order valence-corrected chi connectivity index (χ3v) is 7.38. The molecule has 2 aliphatic heterocycles. The van der Waals surface area contributed by atoms with Crippen molar-refractivity contribution in [1.82, 2.24) is 0 Å². The second-order valence-corrected chi connectivity index (χ2v) is 8.84. The van der Waals surface area contributed by atoms with Crippen molar-refractivity contribution in [3.63, 3.8) is 0 Å². The lowest BCUT2D eigenvalue weighted by atomic mass is 9.65. The molecule has 1 saturated heterocycles. The zero-order valence-corrected chi connectivity index (χ0v) is 18.3. The molecule has 0 unspecified atom stereocenters. The fraction of sp³-hybridized carbons (Fsp3) is 0.179. The number of ether oxygens (including phenoxy) is 1. The van der Waals surface area contributed by atoms with Crippen molar-refractivity contribution >= 4 is 29.3 Å². The highest BCUT2D eigenvalue weighted by molar-refractivity contribution is 6.32. The van der Waals surface area contributed by atoms with E-state index in [0.717, 1.165) is 11.3 Å². The van der Waals surface area contributed by atoms with Crippen molar-refractivity contribution in [2.24, 2.45) is 5.41 Å². The van der Waals surface area contributed by atoms with E-state index < -0.39 is 35.2 Å². The number of methoxy groups -OCH3 is 1. The number of Topliss-reactive ketones (excluding diaryl/α,β-unsaturated/α-hetero) is 2. The summed E-state index contributed by atoms with van der Waals surface area (Å²) in [5.41, 5.74) is 1.25. The Morgan fingerprint density at radius 2 is 1.53 bits per heavy atom. The van der Waals surface area contributed by atoms with Crippen molar-refractivity contribution < 1.29 is 23.5 Å². The first-order chi connectivity index (χ1) is 16.5. The first-order valence-corrected chi connectivity index (χ1v) is 11.1. The third-order valence-electron chi connectivity index (χ3n) is 7.38. The highest BCUT2D eigenvalue weighted by atomic mass is 19.1. The second-order valence-electron chi connectivity index (χ2n) is 8.84. The number of carbonyl (C=O) groups excluding carboxylic acids is 3. The number of rotatable bonds is 2. The number of hydrogen-bond acceptors (Lipinski definition) is 5. The largest absolute Gasteiger partial charge is 0.467 e. The molecule has 1 spiro atoms. The topological polar surface area (TPSA) is 63.7 Å². The van der Waals surface area contributed by atoms with Gasteiger partial charge in [0.05, 0.1) is 13.2 Å². The number of fused-ring (bicyclic) bond motifs is 5. The summed E-state index contributed by atoms with van der Waals surface area (Å²) in [7, 11) is 1.29. The minimum absolute atomic E-state index is 0.326. The summed E-state index contributed by atoms with van der Waals surface area (Å²) in [6, 6.07) is 18.3. The number of carbonyl (C=O) groups is 3. The molecule has 168 valence electrons. The third kappa shape index (κ3) is 2.45. The number of benzene rings is 3. The molecule has 34 heavy (non-hydrogen) atoms. The lowest BCUT2D eigenvalue weighted by molar-refractivity contribution is -0.142. The van der Waals surface area contributed by atoms with Gasteiger partial charge in [-0.15, -0.1) is 0 Å². The maximum atomic E-state index is 14.2. The Labute approximate surface area is 195 Å². The number of ketones is 2. The molecule has 2 heterocycles. The van der Waals surface area contributed by atoms with Gasteiger partial charge in [-0.25, -0.2) is 9.18 Å². The molecule has 5 nitrogen and oxygen atoms in total. The van der Waals surface area contributed by atoms with Crippen LogP contribution >= 0.6 is 0 Å². The Hall–Kier alpha value is -4.06. The zero-order valence-electron chi connectivity index (χ0n) is 18.3. The molecule has 0 aromatic heterocycles. The predicted octanol–water partition coefficient (Wildman–Crippen LogP) is 4.43. The van der Waals surface area contributed by atoms with Crippen LogP contribution < -0.4 is 4.90 Å². The van der Waals surface area contributed by atoms with Gasteiger partial charge in [0.2, 0.25) is 0 Å². The van der Waals surface area contributed by atoms with Gasteiger partial charge in [-0.05, 0) is 29.3 Å². The molecule has 6 rings (SSSR count). The van der Waals surface area contributed by atoms with E-state index in [4.69, 9.17) is 4.74 Å². The number of halogens is 1. The lowest BCUT2D eigenvalue weighted by Crippen LogP contribution is -2.48. The van der Waals surface area contributed by atoms with E-state index in [0.29, 0.717) is 16.7 Å². The van der Waals surface area contributed by atoms with Crippen LogP contribution in [0, 0.1) is 11.2 Å². The van der Waals surface area contributed by atoms with Crippen LogP contribution in [0.3, 0.4) is 0 Å². The van der Waals surface area contributed by atoms with E-state index in [1.165, 1.54) is 19.2 Å². The Morgan fingerprint density at radius 3 is 2.18 bits per heavy atom. The zero-order chi connectivity index (χ0) is 23.6. The summed E-state index contributed by atoms with van der Waals surface area (Å²) in [6.45, 7) is 0. The predicted molar refractivity (Wildman–Crippen MR) is 124 cm³/mol. The van der Waals surface area contributed by atoms with Crippen molar-refractivity contribution in [3.05, 3.63) is 107 Å². The minimum Gasteiger partial charge on any atom is -0.467 e. The van der Waals surface area contributed by atoms with Crippen LogP contribution in [0.1, 0.15) is 37.8 Å². The van der Waals surface area contributed by atoms with E-state index in [9.17, 15) is 18.8 Å². The maximum absolute atomic E-state index is 14.2. The molecule has 3 aromatic rings. The van der Waals surface area contributed by atoms with Gasteiger partial charge < -0.3 is 9.64 Å². The first kappa shape index (κ1) is 20.5. The molecule has 0 amide bonds. The van der Waals surface area contributed by atoms with Gasteiger partial charge >= 0.3 is 5.97 Å². The summed E-state index contributed by atoms with van der Waals surface area (Å²) in [5.74, 6) is -2.53. The van der Waals surface area contributed by atoms with E-state index >= 15 is 0 Å². The van der Waals surface area contributed by atoms with Crippen molar-refractivity contribution in [3.8, 4) is 0 Å². The number of esters is 1. The summed E-state index contributed by atoms with van der Waals surface area (Å²) in [6.07, 6.45) is 3.73. The number of para-hydroxylation sites is 1. The second kappa shape index (κ2) is 7.22. The van der Waals surface area contributed by atoms with Gasteiger partial charge in [-0.1, -0.05) is 66.7 Å². The molecule has 3 aromatic carbocycles. The van der Waals surface area contributed by atoms with Gasteiger partial charge in [0, 0.05) is 22.7 Å². The average molecular weight is 453 g/mol. The minimum atomic E-state index is -1.59. The van der Waals surface area contributed by atoms with Crippen LogP contribution in [-0.4, -0.2) is 36.7 Å². The van der Waals surface area contributed by atoms with Gasteiger partial charge in [0.15, 0.2) is 11.6 Å². The first-order valence-electron chi connectivity index (χ1n) is 11.1.